The Morgan fingerprint density at radius 1 is 1.31 bits per heavy atom. The van der Waals surface area contributed by atoms with E-state index in [0.717, 1.165) is 45.7 Å². The normalized spacial score (nSPS) is 17.8. The molecule has 1 rings (SSSR count). The maximum Gasteiger partial charge on any atom is 0.298 e. The number of nitrogens with zero attached hydrogens (tertiary/aromatic N) is 2. The predicted octanol–water partition coefficient (Wildman–Crippen LogP) is 1.32. The summed E-state index contributed by atoms with van der Waals surface area (Å²) in [4.78, 5) is 2.39. The molecule has 0 aromatic heterocycles. The highest BCUT2D eigenvalue weighted by atomic mass is 16.5. The van der Waals surface area contributed by atoms with E-state index in [4.69, 9.17) is 4.74 Å². The molecule has 0 spiro atoms. The number of hydrogen-bond donors (Lipinski definition) is 0. The molecule has 0 saturated carbocycles. The summed E-state index contributed by atoms with van der Waals surface area (Å²) >= 11 is 0. The molecule has 4 heteroatoms. The largest absolute Gasteiger partial charge is 0.498 e. The van der Waals surface area contributed by atoms with Gasteiger partial charge in [0, 0.05) is 18.1 Å². The zero-order chi connectivity index (χ0) is 9.36. The molecule has 0 unspecified atom stereocenters. The average Bonchev–Trinajstić information content (AvgIpc) is 2.19. The highest BCUT2D eigenvalue weighted by Gasteiger charge is 2.08. The molecule has 1 heterocycles. The lowest BCUT2D eigenvalue weighted by molar-refractivity contribution is 0.0372. The van der Waals surface area contributed by atoms with E-state index in [-0.39, 0.29) is 0 Å². The van der Waals surface area contributed by atoms with Crippen molar-refractivity contribution in [2.75, 3.05) is 32.8 Å². The molecule has 0 aromatic rings. The smallest absolute Gasteiger partial charge is 0.298 e. The molecule has 0 radical (unpaired) electrons. The van der Waals surface area contributed by atoms with E-state index in [9.17, 15) is 5.21 Å². The zero-order valence-corrected chi connectivity index (χ0v) is 7.87. The van der Waals surface area contributed by atoms with E-state index >= 15 is 0 Å². The van der Waals surface area contributed by atoms with E-state index in [1.807, 2.05) is 0 Å². The number of ether oxygens (including phenoxy) is 1. The lowest BCUT2D eigenvalue weighted by Crippen LogP contribution is -2.36. The van der Waals surface area contributed by atoms with Gasteiger partial charge < -0.3 is 9.94 Å². The van der Waals surface area contributed by atoms with Crippen LogP contribution in [0.2, 0.25) is 0 Å². The molecule has 4 nitrogen and oxygen atoms in total. The third-order valence-electron chi connectivity index (χ3n) is 2.18. The number of rotatable bonds is 4. The van der Waals surface area contributed by atoms with Gasteiger partial charge in [0.1, 0.15) is 0 Å². The van der Waals surface area contributed by atoms with Crippen molar-refractivity contribution in [3.63, 3.8) is 0 Å². The highest BCUT2D eigenvalue weighted by molar-refractivity contribution is 4.86. The van der Waals surface area contributed by atoms with Crippen molar-refractivity contribution in [1.29, 1.82) is 0 Å². The molecule has 13 heavy (non-hydrogen) atoms. The SMILES string of the molecule is [O-][N+]#CCCCCN1CCOCC1. The van der Waals surface area contributed by atoms with Crippen molar-refractivity contribution in [2.24, 2.45) is 0 Å². The van der Waals surface area contributed by atoms with Gasteiger partial charge in [-0.15, -0.1) is 0 Å². The Kier molecular flexibility index (Phi) is 5.30. The fourth-order valence-corrected chi connectivity index (χ4v) is 1.41. The summed E-state index contributed by atoms with van der Waals surface area (Å²) in [6.07, 6.45) is 2.81. The molecule has 0 aliphatic carbocycles. The minimum atomic E-state index is 0.688. The van der Waals surface area contributed by atoms with Gasteiger partial charge in [-0.2, -0.15) is 0 Å². The maximum absolute atomic E-state index is 9.68. The minimum Gasteiger partial charge on any atom is -0.498 e. The Morgan fingerprint density at radius 2 is 2.08 bits per heavy atom. The van der Waals surface area contributed by atoms with Crippen LogP contribution in [0.25, 0.3) is 5.01 Å². The first-order valence-corrected chi connectivity index (χ1v) is 4.79. The van der Waals surface area contributed by atoms with Gasteiger partial charge in [0.25, 0.3) is 6.07 Å². The van der Waals surface area contributed by atoms with Gasteiger partial charge in [-0.1, -0.05) is 0 Å². The van der Waals surface area contributed by atoms with Crippen LogP contribution in [0.1, 0.15) is 19.3 Å². The molecule has 1 fully saturated rings. The van der Waals surface area contributed by atoms with Crippen LogP contribution in [0.15, 0.2) is 0 Å². The van der Waals surface area contributed by atoms with Crippen molar-refractivity contribution in [3.8, 4) is 6.07 Å². The van der Waals surface area contributed by atoms with Crippen molar-refractivity contribution >= 4 is 0 Å². The standard InChI is InChI=1S/C9H16N2O2/c12-10-4-2-1-3-5-11-6-8-13-9-7-11/h1-3,5-9H2. The summed E-state index contributed by atoms with van der Waals surface area (Å²) < 4.78 is 5.23. The molecule has 0 amide bonds. The number of morpholine rings is 1. The lowest BCUT2D eigenvalue weighted by atomic mass is 10.2. The fraction of sp³-hybridized carbons (Fsp3) is 0.889. The topological polar surface area (TPSA) is 39.9 Å². The Balaban J connectivity index is 1.94. The Bertz CT molecular complexity index is 180. The molecule has 0 atom stereocenters. The van der Waals surface area contributed by atoms with Crippen LogP contribution < -0.4 is 0 Å². The highest BCUT2D eigenvalue weighted by Crippen LogP contribution is 2.01. The monoisotopic (exact) mass is 184 g/mol. The van der Waals surface area contributed by atoms with Gasteiger partial charge in [0.05, 0.1) is 19.6 Å². The van der Waals surface area contributed by atoms with Gasteiger partial charge in [-0.05, 0) is 19.4 Å². The molecule has 1 aliphatic rings. The van der Waals surface area contributed by atoms with Crippen molar-refractivity contribution in [3.05, 3.63) is 10.2 Å². The summed E-state index contributed by atoms with van der Waals surface area (Å²) in [6, 6.07) is 2.41. The lowest BCUT2D eigenvalue weighted by Gasteiger charge is -2.26. The molecule has 1 aliphatic heterocycles. The van der Waals surface area contributed by atoms with E-state index in [1.165, 1.54) is 0 Å². The maximum atomic E-state index is 9.68. The quantitative estimate of drug-likeness (QED) is 0.488. The second kappa shape index (κ2) is 6.70. The van der Waals surface area contributed by atoms with Gasteiger partial charge in [-0.3, -0.25) is 4.90 Å². The summed E-state index contributed by atoms with van der Waals surface area (Å²) in [7, 11) is 0. The second-order valence-corrected chi connectivity index (χ2v) is 3.16. The van der Waals surface area contributed by atoms with Gasteiger partial charge in [-0.25, -0.2) is 0 Å². The minimum absolute atomic E-state index is 0.688. The van der Waals surface area contributed by atoms with Crippen LogP contribution in [0.5, 0.6) is 0 Å². The van der Waals surface area contributed by atoms with Crippen molar-refractivity contribution in [1.82, 2.24) is 4.90 Å². The third kappa shape index (κ3) is 4.71. The summed E-state index contributed by atoms with van der Waals surface area (Å²) in [5.74, 6) is 0. The van der Waals surface area contributed by atoms with Crippen LogP contribution >= 0.6 is 0 Å². The van der Waals surface area contributed by atoms with Crippen LogP contribution in [0.4, 0.5) is 0 Å². The molecular formula is C9H16N2O2. The third-order valence-corrected chi connectivity index (χ3v) is 2.18. The van der Waals surface area contributed by atoms with E-state index in [0.29, 0.717) is 6.42 Å². The van der Waals surface area contributed by atoms with Gasteiger partial charge in [0.2, 0.25) is 0 Å². The Morgan fingerprint density at radius 3 is 2.77 bits per heavy atom. The number of unbranched alkanes of at least 4 members (excludes halogenated alkanes) is 2. The van der Waals surface area contributed by atoms with Crippen LogP contribution in [-0.2, 0) is 4.74 Å². The van der Waals surface area contributed by atoms with Crippen LogP contribution in [0, 0.1) is 11.3 Å². The predicted molar refractivity (Wildman–Crippen MR) is 51.7 cm³/mol. The Labute approximate surface area is 78.9 Å². The number of hydrogen-bond acceptors (Lipinski definition) is 3. The van der Waals surface area contributed by atoms with E-state index in [2.05, 4.69) is 16.0 Å². The van der Waals surface area contributed by atoms with Gasteiger partial charge >= 0.3 is 0 Å². The molecular weight excluding hydrogens is 168 g/mol. The van der Waals surface area contributed by atoms with Crippen molar-refractivity contribution in [2.45, 2.75) is 19.3 Å². The van der Waals surface area contributed by atoms with E-state index < -0.39 is 0 Å². The molecule has 74 valence electrons. The van der Waals surface area contributed by atoms with Crippen LogP contribution in [-0.4, -0.2) is 37.7 Å². The summed E-state index contributed by atoms with van der Waals surface area (Å²) in [6.45, 7) is 4.89. The van der Waals surface area contributed by atoms with Gasteiger partial charge in [0.15, 0.2) is 0 Å². The zero-order valence-electron chi connectivity index (χ0n) is 7.87. The summed E-state index contributed by atoms with van der Waals surface area (Å²) in [5.41, 5.74) is 0. The van der Waals surface area contributed by atoms with Crippen LogP contribution in [0.3, 0.4) is 0 Å². The second-order valence-electron chi connectivity index (χ2n) is 3.16. The molecule has 0 bridgehead atoms. The first-order valence-electron chi connectivity index (χ1n) is 4.79. The first-order chi connectivity index (χ1) is 6.43. The molecule has 1 saturated heterocycles. The fourth-order valence-electron chi connectivity index (χ4n) is 1.41. The Hall–Kier alpha value is -0.790. The summed E-state index contributed by atoms with van der Waals surface area (Å²) in [5, 5.41) is 12.3. The average molecular weight is 184 g/mol. The van der Waals surface area contributed by atoms with Crippen molar-refractivity contribution < 1.29 is 4.74 Å². The van der Waals surface area contributed by atoms with E-state index in [1.54, 1.807) is 0 Å². The molecule has 0 aromatic carbocycles. The first kappa shape index (κ1) is 10.3. The molecule has 0 N–H and O–H groups in total.